The van der Waals surface area contributed by atoms with Crippen molar-refractivity contribution in [2.75, 3.05) is 7.05 Å². The molecule has 0 spiro atoms. The van der Waals surface area contributed by atoms with Crippen molar-refractivity contribution in [2.45, 2.75) is 92.0 Å². The molecule has 39 heavy (non-hydrogen) atoms. The number of nitrogens with zero attached hydrogens (tertiary/aromatic N) is 2. The molecular formula is C26H39N5O6S2. The first-order valence-electron chi connectivity index (χ1n) is 12.6. The van der Waals surface area contributed by atoms with Crippen LogP contribution in [0.5, 0.6) is 0 Å². The summed E-state index contributed by atoms with van der Waals surface area (Å²) in [6.07, 6.45) is -0.773. The van der Waals surface area contributed by atoms with Crippen LogP contribution < -0.4 is 16.0 Å². The van der Waals surface area contributed by atoms with E-state index in [2.05, 4.69) is 25.9 Å². The van der Waals surface area contributed by atoms with E-state index in [0.717, 1.165) is 0 Å². The Morgan fingerprint density at radius 1 is 0.949 bits per heavy atom. The Balaban J connectivity index is 2.27. The summed E-state index contributed by atoms with van der Waals surface area (Å²) < 4.78 is 10.7. The molecule has 216 valence electrons. The molecule has 3 amide bonds. The number of hydrogen-bond acceptors (Lipinski definition) is 10. The summed E-state index contributed by atoms with van der Waals surface area (Å²) >= 11 is 2.47. The predicted molar refractivity (Wildman–Crippen MR) is 150 cm³/mol. The van der Waals surface area contributed by atoms with Crippen molar-refractivity contribution in [1.82, 2.24) is 25.9 Å². The molecule has 2 aromatic heterocycles. The first-order chi connectivity index (χ1) is 17.9. The van der Waals surface area contributed by atoms with Gasteiger partial charge in [-0.05, 0) is 54.4 Å². The van der Waals surface area contributed by atoms with Gasteiger partial charge in [-0.15, -0.1) is 22.7 Å². The van der Waals surface area contributed by atoms with E-state index < -0.39 is 41.3 Å². The highest BCUT2D eigenvalue weighted by Crippen LogP contribution is 2.29. The topological polar surface area (TPSA) is 149 Å². The second-order valence-electron chi connectivity index (χ2n) is 11.3. The zero-order valence-corrected chi connectivity index (χ0v) is 25.8. The second-order valence-corrected chi connectivity index (χ2v) is 13.4. The standard InChI is InChI=1S/C26H39N5O6S2/c1-13(2)18(22-28-16(12-38-22)23(34)36-25(4,5)6)30-20(33)19-14(3)39-21(31-19)15(11-17(32)27-10)29-24(35)37-26(7,8)9/h12-13,15,18H,11H2,1-10H3,(H,27,32)(H,29,35)(H,30,33)/t15-,18-/m0/s1. The van der Waals surface area contributed by atoms with Crippen molar-refractivity contribution >= 4 is 46.6 Å². The lowest BCUT2D eigenvalue weighted by atomic mass is 10.0. The maximum Gasteiger partial charge on any atom is 0.408 e. The highest BCUT2D eigenvalue weighted by molar-refractivity contribution is 7.12. The van der Waals surface area contributed by atoms with E-state index in [1.54, 1.807) is 53.8 Å². The first kappa shape index (κ1) is 32.2. The average Bonchev–Trinajstić information content (AvgIpc) is 3.41. The van der Waals surface area contributed by atoms with E-state index in [-0.39, 0.29) is 29.6 Å². The summed E-state index contributed by atoms with van der Waals surface area (Å²) in [4.78, 5) is 59.9. The van der Waals surface area contributed by atoms with Gasteiger partial charge in [-0.25, -0.2) is 19.6 Å². The van der Waals surface area contributed by atoms with E-state index in [9.17, 15) is 19.2 Å². The molecule has 2 atom stereocenters. The summed E-state index contributed by atoms with van der Waals surface area (Å²) in [6.45, 7) is 16.2. The molecule has 0 radical (unpaired) electrons. The molecule has 11 nitrogen and oxygen atoms in total. The van der Waals surface area contributed by atoms with Crippen LogP contribution in [0.2, 0.25) is 0 Å². The Morgan fingerprint density at radius 3 is 2.10 bits per heavy atom. The summed E-state index contributed by atoms with van der Waals surface area (Å²) in [5.41, 5.74) is -1.02. The highest BCUT2D eigenvalue weighted by atomic mass is 32.1. The van der Waals surface area contributed by atoms with Crippen molar-refractivity contribution in [1.29, 1.82) is 0 Å². The van der Waals surface area contributed by atoms with Crippen LogP contribution in [-0.4, -0.2) is 52.1 Å². The SMILES string of the molecule is CNC(=O)C[C@H](NC(=O)OC(C)(C)C)c1nc(C(=O)N[C@H](c2nc(C(=O)OC(C)(C)C)cs2)C(C)C)c(C)s1. The fraction of sp³-hybridized carbons (Fsp3) is 0.615. The molecule has 0 aromatic carbocycles. The Hall–Kier alpha value is -3.06. The molecule has 2 aromatic rings. The van der Waals surface area contributed by atoms with Crippen LogP contribution in [0.3, 0.4) is 0 Å². The number of rotatable bonds is 9. The normalized spacial score (nSPS) is 13.4. The zero-order valence-electron chi connectivity index (χ0n) is 24.2. The number of carbonyl (C=O) groups excluding carboxylic acids is 4. The van der Waals surface area contributed by atoms with Gasteiger partial charge >= 0.3 is 12.1 Å². The van der Waals surface area contributed by atoms with Gasteiger partial charge in [-0.2, -0.15) is 0 Å². The molecule has 0 fully saturated rings. The molecule has 2 rings (SSSR count). The van der Waals surface area contributed by atoms with E-state index in [4.69, 9.17) is 9.47 Å². The van der Waals surface area contributed by atoms with E-state index in [1.807, 2.05) is 13.8 Å². The van der Waals surface area contributed by atoms with Crippen molar-refractivity contribution in [3.8, 4) is 0 Å². The second kappa shape index (κ2) is 12.9. The third-order valence-electron chi connectivity index (χ3n) is 5.03. The molecule has 0 aliphatic carbocycles. The number of thiazole rings is 2. The van der Waals surface area contributed by atoms with E-state index >= 15 is 0 Å². The summed E-state index contributed by atoms with van der Waals surface area (Å²) in [7, 11) is 1.50. The molecule has 0 aliphatic heterocycles. The van der Waals surface area contributed by atoms with Crippen molar-refractivity contribution in [2.24, 2.45) is 5.92 Å². The van der Waals surface area contributed by atoms with Crippen LogP contribution in [-0.2, 0) is 14.3 Å². The number of nitrogens with one attached hydrogen (secondary N) is 3. The number of esters is 1. The molecule has 0 saturated carbocycles. The average molecular weight is 582 g/mol. The molecular weight excluding hydrogens is 542 g/mol. The molecule has 0 bridgehead atoms. The predicted octanol–water partition coefficient (Wildman–Crippen LogP) is 4.69. The molecule has 0 aliphatic rings. The van der Waals surface area contributed by atoms with Gasteiger partial charge in [0.2, 0.25) is 5.91 Å². The third-order valence-corrected chi connectivity index (χ3v) is 7.05. The van der Waals surface area contributed by atoms with Gasteiger partial charge in [0.25, 0.3) is 5.91 Å². The first-order valence-corrected chi connectivity index (χ1v) is 14.3. The van der Waals surface area contributed by atoms with Crippen LogP contribution in [0.1, 0.15) is 110 Å². The van der Waals surface area contributed by atoms with Gasteiger partial charge in [-0.3, -0.25) is 9.59 Å². The van der Waals surface area contributed by atoms with Gasteiger partial charge in [0.05, 0.1) is 18.5 Å². The van der Waals surface area contributed by atoms with E-state index in [0.29, 0.717) is 14.9 Å². The lowest BCUT2D eigenvalue weighted by Gasteiger charge is -2.22. The number of carbonyl (C=O) groups is 4. The lowest BCUT2D eigenvalue weighted by Crippen LogP contribution is -2.37. The van der Waals surface area contributed by atoms with Crippen molar-refractivity contribution in [3.05, 3.63) is 31.7 Å². The Bertz CT molecular complexity index is 1190. The summed E-state index contributed by atoms with van der Waals surface area (Å²) in [5, 5.41) is 10.8. The maximum atomic E-state index is 13.3. The fourth-order valence-corrected chi connectivity index (χ4v) is 5.27. The Kier molecular flexibility index (Phi) is 10.6. The monoisotopic (exact) mass is 581 g/mol. The van der Waals surface area contributed by atoms with Crippen LogP contribution in [0.15, 0.2) is 5.38 Å². The Morgan fingerprint density at radius 2 is 1.56 bits per heavy atom. The van der Waals surface area contributed by atoms with E-state index in [1.165, 1.54) is 29.7 Å². The summed E-state index contributed by atoms with van der Waals surface area (Å²) in [5.74, 6) is -1.31. The quantitative estimate of drug-likeness (QED) is 0.361. The number of amides is 3. The zero-order chi connectivity index (χ0) is 29.7. The number of alkyl carbamates (subject to hydrolysis) is 1. The van der Waals surface area contributed by atoms with Gasteiger partial charge in [0.15, 0.2) is 5.69 Å². The third kappa shape index (κ3) is 9.88. The number of aryl methyl sites for hydroxylation is 1. The Labute approximate surface area is 237 Å². The molecule has 2 heterocycles. The number of hydrogen-bond donors (Lipinski definition) is 3. The van der Waals surface area contributed by atoms with Gasteiger partial charge in [0.1, 0.15) is 26.9 Å². The minimum atomic E-state index is -0.790. The highest BCUT2D eigenvalue weighted by Gasteiger charge is 2.30. The largest absolute Gasteiger partial charge is 0.455 e. The van der Waals surface area contributed by atoms with Crippen LogP contribution in [0.4, 0.5) is 4.79 Å². The molecule has 0 unspecified atom stereocenters. The van der Waals surface area contributed by atoms with Crippen LogP contribution in [0.25, 0.3) is 0 Å². The number of aromatic nitrogens is 2. The molecule has 0 saturated heterocycles. The van der Waals surface area contributed by atoms with Crippen LogP contribution in [0, 0.1) is 12.8 Å². The van der Waals surface area contributed by atoms with Gasteiger partial charge in [0, 0.05) is 17.3 Å². The number of ether oxygens (including phenoxy) is 2. The molecule has 3 N–H and O–H groups in total. The minimum Gasteiger partial charge on any atom is -0.455 e. The van der Waals surface area contributed by atoms with Gasteiger partial charge in [-0.1, -0.05) is 13.8 Å². The molecule has 13 heteroatoms. The van der Waals surface area contributed by atoms with Crippen molar-refractivity contribution in [3.63, 3.8) is 0 Å². The van der Waals surface area contributed by atoms with Crippen LogP contribution >= 0.6 is 22.7 Å². The smallest absolute Gasteiger partial charge is 0.408 e. The fourth-order valence-electron chi connectivity index (χ4n) is 3.29. The summed E-state index contributed by atoms with van der Waals surface area (Å²) in [6, 6.07) is -1.27. The maximum absolute atomic E-state index is 13.3. The van der Waals surface area contributed by atoms with Crippen molar-refractivity contribution < 1.29 is 28.7 Å². The lowest BCUT2D eigenvalue weighted by molar-refractivity contribution is -0.121. The van der Waals surface area contributed by atoms with Gasteiger partial charge < -0.3 is 25.4 Å². The minimum absolute atomic E-state index is 0.0418.